The summed E-state index contributed by atoms with van der Waals surface area (Å²) >= 11 is 1.78. The molecule has 5 heterocycles. The number of nitrogens with zero attached hydrogens (tertiary/aromatic N) is 4. The molecule has 2 bridgehead atoms. The number of benzene rings is 1. The predicted octanol–water partition coefficient (Wildman–Crippen LogP) is 3.43. The van der Waals surface area contributed by atoms with E-state index in [-0.39, 0.29) is 0 Å². The number of piperidine rings is 3. The van der Waals surface area contributed by atoms with Crippen LogP contribution in [0.2, 0.25) is 0 Å². The minimum atomic E-state index is 0.508. The maximum absolute atomic E-state index is 4.45. The van der Waals surface area contributed by atoms with E-state index in [9.17, 15) is 0 Å². The fraction of sp³-hybridized carbons (Fsp3) is 0.412. The SMILES string of the molecule is c1cc2cc(-c3cn(C4CN5CCC4CC5)nn3)ccc2s1. The molecule has 3 aromatic rings. The molecule has 0 radical (unpaired) electrons. The Hall–Kier alpha value is -1.72. The van der Waals surface area contributed by atoms with E-state index in [0.29, 0.717) is 6.04 Å². The van der Waals surface area contributed by atoms with Crippen molar-refractivity contribution >= 4 is 21.4 Å². The van der Waals surface area contributed by atoms with E-state index >= 15 is 0 Å². The fourth-order valence-corrected chi connectivity index (χ4v) is 4.70. The monoisotopic (exact) mass is 310 g/mol. The van der Waals surface area contributed by atoms with Gasteiger partial charge in [-0.15, -0.1) is 16.4 Å². The summed E-state index contributed by atoms with van der Waals surface area (Å²) in [4.78, 5) is 2.56. The average molecular weight is 310 g/mol. The van der Waals surface area contributed by atoms with Crippen LogP contribution in [0.25, 0.3) is 21.3 Å². The van der Waals surface area contributed by atoms with Crippen molar-refractivity contribution in [3.8, 4) is 11.3 Å². The average Bonchev–Trinajstić information content (AvgIpc) is 3.24. The summed E-state index contributed by atoms with van der Waals surface area (Å²) in [6.45, 7) is 3.66. The van der Waals surface area contributed by atoms with Gasteiger partial charge in [0, 0.05) is 16.8 Å². The molecule has 0 amide bonds. The summed E-state index contributed by atoms with van der Waals surface area (Å²) < 4.78 is 3.44. The zero-order valence-electron chi connectivity index (χ0n) is 12.4. The van der Waals surface area contributed by atoms with Crippen LogP contribution in [-0.4, -0.2) is 39.5 Å². The van der Waals surface area contributed by atoms with E-state index in [1.165, 1.54) is 41.6 Å². The molecule has 3 fully saturated rings. The second-order valence-corrected chi connectivity index (χ2v) is 7.41. The first kappa shape index (κ1) is 12.8. The van der Waals surface area contributed by atoms with Gasteiger partial charge in [-0.05, 0) is 60.8 Å². The Morgan fingerprint density at radius 1 is 1.14 bits per heavy atom. The quantitative estimate of drug-likeness (QED) is 0.727. The van der Waals surface area contributed by atoms with Crippen LogP contribution in [0.15, 0.2) is 35.8 Å². The Labute approximate surface area is 133 Å². The third-order valence-electron chi connectivity index (χ3n) is 5.22. The van der Waals surface area contributed by atoms with Gasteiger partial charge >= 0.3 is 0 Å². The highest BCUT2D eigenvalue weighted by molar-refractivity contribution is 7.17. The maximum atomic E-state index is 4.45. The molecule has 1 atom stereocenters. The lowest BCUT2D eigenvalue weighted by Gasteiger charge is -2.44. The molecule has 22 heavy (non-hydrogen) atoms. The molecule has 6 rings (SSSR count). The van der Waals surface area contributed by atoms with Crippen molar-refractivity contribution in [1.29, 1.82) is 0 Å². The topological polar surface area (TPSA) is 34.0 Å². The highest BCUT2D eigenvalue weighted by Gasteiger charge is 2.35. The van der Waals surface area contributed by atoms with Gasteiger partial charge in [-0.25, -0.2) is 4.68 Å². The summed E-state index contributed by atoms with van der Waals surface area (Å²) in [6, 6.07) is 9.23. The Morgan fingerprint density at radius 3 is 2.86 bits per heavy atom. The molecule has 1 unspecified atom stereocenters. The summed E-state index contributed by atoms with van der Waals surface area (Å²) in [6.07, 6.45) is 4.75. The van der Waals surface area contributed by atoms with Gasteiger partial charge in [-0.1, -0.05) is 11.3 Å². The zero-order valence-corrected chi connectivity index (χ0v) is 13.2. The summed E-state index contributed by atoms with van der Waals surface area (Å²) in [5.74, 6) is 0.777. The van der Waals surface area contributed by atoms with Gasteiger partial charge in [-0.2, -0.15) is 0 Å². The van der Waals surface area contributed by atoms with E-state index in [1.807, 2.05) is 0 Å². The Morgan fingerprint density at radius 2 is 2.05 bits per heavy atom. The molecule has 0 spiro atoms. The molecule has 0 N–H and O–H groups in total. The third-order valence-corrected chi connectivity index (χ3v) is 6.12. The van der Waals surface area contributed by atoms with Gasteiger partial charge in [0.2, 0.25) is 0 Å². The first-order valence-corrected chi connectivity index (χ1v) is 8.86. The lowest BCUT2D eigenvalue weighted by molar-refractivity contribution is 0.0504. The predicted molar refractivity (Wildman–Crippen MR) is 89.0 cm³/mol. The van der Waals surface area contributed by atoms with E-state index in [1.54, 1.807) is 11.3 Å². The maximum Gasteiger partial charge on any atom is 0.113 e. The van der Waals surface area contributed by atoms with Gasteiger partial charge < -0.3 is 4.90 Å². The molecule has 1 aromatic carbocycles. The smallest absolute Gasteiger partial charge is 0.113 e. The van der Waals surface area contributed by atoms with Gasteiger partial charge in [0.1, 0.15) is 5.69 Å². The molecule has 3 aliphatic rings. The first-order chi connectivity index (χ1) is 10.9. The van der Waals surface area contributed by atoms with Crippen LogP contribution < -0.4 is 0 Å². The Kier molecular flexibility index (Phi) is 2.85. The molecule has 0 saturated carbocycles. The number of hydrogen-bond acceptors (Lipinski definition) is 4. The third kappa shape index (κ3) is 2.00. The number of thiophene rings is 1. The van der Waals surface area contributed by atoms with Crippen molar-refractivity contribution < 1.29 is 0 Å². The van der Waals surface area contributed by atoms with Crippen LogP contribution in [-0.2, 0) is 0 Å². The van der Waals surface area contributed by atoms with Crippen LogP contribution in [0, 0.1) is 5.92 Å². The van der Waals surface area contributed by atoms with Crippen molar-refractivity contribution in [3.05, 3.63) is 35.8 Å². The highest BCUT2D eigenvalue weighted by Crippen LogP contribution is 2.35. The van der Waals surface area contributed by atoms with Crippen LogP contribution >= 0.6 is 11.3 Å². The molecular weight excluding hydrogens is 292 g/mol. The minimum absolute atomic E-state index is 0.508. The largest absolute Gasteiger partial charge is 0.301 e. The number of rotatable bonds is 2. The minimum Gasteiger partial charge on any atom is -0.301 e. The second-order valence-electron chi connectivity index (χ2n) is 6.46. The molecule has 2 aromatic heterocycles. The lowest BCUT2D eigenvalue weighted by atomic mass is 9.84. The molecule has 3 saturated heterocycles. The molecule has 3 aliphatic heterocycles. The van der Waals surface area contributed by atoms with Gasteiger partial charge in [0.05, 0.1) is 12.2 Å². The molecule has 5 heteroatoms. The summed E-state index contributed by atoms with van der Waals surface area (Å²) in [5.41, 5.74) is 2.16. The van der Waals surface area contributed by atoms with Crippen LogP contribution in [0.3, 0.4) is 0 Å². The van der Waals surface area contributed by atoms with E-state index < -0.39 is 0 Å². The van der Waals surface area contributed by atoms with Gasteiger partial charge in [-0.3, -0.25) is 0 Å². The summed E-state index contributed by atoms with van der Waals surface area (Å²) in [7, 11) is 0. The molecular formula is C17H18N4S. The molecule has 4 nitrogen and oxygen atoms in total. The summed E-state index contributed by atoms with van der Waals surface area (Å²) in [5, 5.41) is 12.3. The Bertz CT molecular complexity index is 813. The van der Waals surface area contributed by atoms with Gasteiger partial charge in [0.25, 0.3) is 0 Å². The normalized spacial score (nSPS) is 27.5. The fourth-order valence-electron chi connectivity index (χ4n) is 3.93. The van der Waals surface area contributed by atoms with Crippen LogP contribution in [0.5, 0.6) is 0 Å². The second kappa shape index (κ2) is 4.89. The number of aromatic nitrogens is 3. The van der Waals surface area contributed by atoms with Gasteiger partial charge in [0.15, 0.2) is 0 Å². The van der Waals surface area contributed by atoms with Crippen molar-refractivity contribution in [2.24, 2.45) is 5.92 Å². The van der Waals surface area contributed by atoms with Crippen molar-refractivity contribution in [2.75, 3.05) is 19.6 Å². The van der Waals surface area contributed by atoms with Crippen LogP contribution in [0.1, 0.15) is 18.9 Å². The Balaban J connectivity index is 1.48. The van der Waals surface area contributed by atoms with Crippen LogP contribution in [0.4, 0.5) is 0 Å². The molecule has 0 aliphatic carbocycles. The van der Waals surface area contributed by atoms with Crippen molar-refractivity contribution in [2.45, 2.75) is 18.9 Å². The highest BCUT2D eigenvalue weighted by atomic mass is 32.1. The van der Waals surface area contributed by atoms with E-state index in [2.05, 4.69) is 55.7 Å². The van der Waals surface area contributed by atoms with Crippen molar-refractivity contribution in [1.82, 2.24) is 19.9 Å². The lowest BCUT2D eigenvalue weighted by Crippen LogP contribution is -2.48. The number of hydrogen-bond donors (Lipinski definition) is 0. The van der Waals surface area contributed by atoms with E-state index in [0.717, 1.165) is 18.2 Å². The molecule has 112 valence electrons. The van der Waals surface area contributed by atoms with Crippen molar-refractivity contribution in [3.63, 3.8) is 0 Å². The number of fused-ring (bicyclic) bond motifs is 4. The van der Waals surface area contributed by atoms with E-state index in [4.69, 9.17) is 0 Å². The standard InChI is InChI=1S/C17H18N4S/c1-2-17-14(5-8-22-17)9-13(1)15-10-21(19-18-15)16-11-20-6-3-12(16)4-7-20/h1-2,5,8-10,12,16H,3-4,6-7,11H2. The zero-order chi connectivity index (χ0) is 14.5. The first-order valence-electron chi connectivity index (χ1n) is 7.99.